The van der Waals surface area contributed by atoms with Gasteiger partial charge in [-0.1, -0.05) is 30.3 Å². The molecule has 162 valence electrons. The maximum Gasteiger partial charge on any atom is 0.238 e. The van der Waals surface area contributed by atoms with E-state index in [4.69, 9.17) is 0 Å². The van der Waals surface area contributed by atoms with Gasteiger partial charge in [-0.3, -0.25) is 9.69 Å². The van der Waals surface area contributed by atoms with E-state index in [0.717, 1.165) is 42.9 Å². The van der Waals surface area contributed by atoms with Gasteiger partial charge in [0, 0.05) is 30.7 Å². The van der Waals surface area contributed by atoms with E-state index in [1.165, 1.54) is 16.7 Å². The Hall–Kier alpha value is -2.96. The van der Waals surface area contributed by atoms with E-state index in [0.29, 0.717) is 6.54 Å². The molecule has 1 unspecified atom stereocenters. The van der Waals surface area contributed by atoms with E-state index in [1.54, 1.807) is 6.33 Å². The number of nitrogens with one attached hydrogen (secondary N) is 2. The lowest BCUT2D eigenvalue weighted by Gasteiger charge is -2.28. The van der Waals surface area contributed by atoms with Crippen LogP contribution in [0.25, 0.3) is 0 Å². The SMILES string of the molecule is Cc1cccc(C(c2cccc(NC(=O)CN3CCC(O)CC3)c2)c2cnc[nH]2)c1C. The van der Waals surface area contributed by atoms with Crippen LogP contribution < -0.4 is 5.32 Å². The quantitative estimate of drug-likeness (QED) is 0.571. The number of aliphatic hydroxyl groups is 1. The Morgan fingerprint density at radius 2 is 2.00 bits per heavy atom. The van der Waals surface area contributed by atoms with Crippen LogP contribution in [0.5, 0.6) is 0 Å². The van der Waals surface area contributed by atoms with Crippen molar-refractivity contribution in [1.29, 1.82) is 0 Å². The van der Waals surface area contributed by atoms with Gasteiger partial charge in [0.2, 0.25) is 5.91 Å². The summed E-state index contributed by atoms with van der Waals surface area (Å²) in [5, 5.41) is 12.7. The number of amides is 1. The second kappa shape index (κ2) is 9.45. The number of rotatable bonds is 6. The molecule has 1 aliphatic rings. The summed E-state index contributed by atoms with van der Waals surface area (Å²) in [6, 6.07) is 14.4. The number of hydrogen-bond donors (Lipinski definition) is 3. The average molecular weight is 419 g/mol. The largest absolute Gasteiger partial charge is 0.393 e. The molecule has 2 aromatic carbocycles. The van der Waals surface area contributed by atoms with Crippen molar-refractivity contribution in [3.8, 4) is 0 Å². The Kier molecular flexibility index (Phi) is 6.49. The molecule has 4 rings (SSSR count). The van der Waals surface area contributed by atoms with Gasteiger partial charge in [0.05, 0.1) is 24.9 Å². The first-order valence-electron chi connectivity index (χ1n) is 10.9. The number of carbonyl (C=O) groups excluding carboxylic acids is 1. The van der Waals surface area contributed by atoms with E-state index >= 15 is 0 Å². The molecule has 1 saturated heterocycles. The fourth-order valence-corrected chi connectivity index (χ4v) is 4.31. The van der Waals surface area contributed by atoms with Crippen LogP contribution in [0, 0.1) is 13.8 Å². The first-order valence-corrected chi connectivity index (χ1v) is 10.9. The average Bonchev–Trinajstić information content (AvgIpc) is 3.28. The molecular weight excluding hydrogens is 388 g/mol. The lowest BCUT2D eigenvalue weighted by molar-refractivity contribution is -0.117. The number of aryl methyl sites for hydroxylation is 1. The van der Waals surface area contributed by atoms with Crippen LogP contribution in [-0.2, 0) is 4.79 Å². The van der Waals surface area contributed by atoms with Crippen molar-refractivity contribution in [2.45, 2.75) is 38.7 Å². The predicted octanol–water partition coefficient (Wildman–Crippen LogP) is 3.60. The zero-order valence-electron chi connectivity index (χ0n) is 18.1. The summed E-state index contributed by atoms with van der Waals surface area (Å²) in [7, 11) is 0. The zero-order valence-corrected chi connectivity index (χ0v) is 18.1. The number of carbonyl (C=O) groups is 1. The fourth-order valence-electron chi connectivity index (χ4n) is 4.31. The molecule has 3 N–H and O–H groups in total. The van der Waals surface area contributed by atoms with Crippen molar-refractivity contribution < 1.29 is 9.90 Å². The molecule has 1 aliphatic heterocycles. The van der Waals surface area contributed by atoms with Crippen molar-refractivity contribution in [3.63, 3.8) is 0 Å². The van der Waals surface area contributed by atoms with Crippen LogP contribution in [0.4, 0.5) is 5.69 Å². The van der Waals surface area contributed by atoms with Crippen LogP contribution in [-0.4, -0.2) is 51.6 Å². The summed E-state index contributed by atoms with van der Waals surface area (Å²) < 4.78 is 0. The maximum atomic E-state index is 12.6. The van der Waals surface area contributed by atoms with Crippen molar-refractivity contribution in [3.05, 3.63) is 82.9 Å². The topological polar surface area (TPSA) is 81.2 Å². The van der Waals surface area contributed by atoms with Crippen LogP contribution in [0.2, 0.25) is 0 Å². The molecule has 6 nitrogen and oxygen atoms in total. The van der Waals surface area contributed by atoms with Gasteiger partial charge < -0.3 is 15.4 Å². The van der Waals surface area contributed by atoms with Gasteiger partial charge in [-0.15, -0.1) is 0 Å². The van der Waals surface area contributed by atoms with Gasteiger partial charge in [-0.25, -0.2) is 4.98 Å². The second-order valence-electron chi connectivity index (χ2n) is 8.41. The number of benzene rings is 2. The number of aromatic nitrogens is 2. The van der Waals surface area contributed by atoms with Crippen molar-refractivity contribution >= 4 is 11.6 Å². The Bertz CT molecular complexity index is 1020. The number of aromatic amines is 1. The van der Waals surface area contributed by atoms with E-state index in [9.17, 15) is 9.90 Å². The number of piperidine rings is 1. The van der Waals surface area contributed by atoms with Crippen LogP contribution in [0.1, 0.15) is 46.7 Å². The van der Waals surface area contributed by atoms with Gasteiger partial charge in [0.1, 0.15) is 0 Å². The van der Waals surface area contributed by atoms with E-state index in [-0.39, 0.29) is 17.9 Å². The number of likely N-dealkylation sites (tertiary alicyclic amines) is 1. The predicted molar refractivity (Wildman–Crippen MR) is 122 cm³/mol. The molecule has 0 aliphatic carbocycles. The lowest BCUT2D eigenvalue weighted by Crippen LogP contribution is -2.40. The number of hydrogen-bond acceptors (Lipinski definition) is 4. The first-order chi connectivity index (χ1) is 15.0. The third kappa shape index (κ3) is 5.03. The van der Waals surface area contributed by atoms with Crippen LogP contribution >= 0.6 is 0 Å². The number of H-pyrrole nitrogens is 1. The minimum absolute atomic E-state index is 0.00262. The summed E-state index contributed by atoms with van der Waals surface area (Å²) in [5.74, 6) is -0.0267. The van der Waals surface area contributed by atoms with Crippen molar-refractivity contribution in [2.24, 2.45) is 0 Å². The molecule has 0 spiro atoms. The normalized spacial score (nSPS) is 16.2. The van der Waals surface area contributed by atoms with E-state index in [2.05, 4.69) is 58.3 Å². The smallest absolute Gasteiger partial charge is 0.238 e. The molecule has 2 heterocycles. The van der Waals surface area contributed by atoms with Gasteiger partial charge >= 0.3 is 0 Å². The zero-order chi connectivity index (χ0) is 21.8. The summed E-state index contributed by atoms with van der Waals surface area (Å²) in [6.45, 7) is 6.12. The number of imidazole rings is 1. The molecule has 1 fully saturated rings. The minimum Gasteiger partial charge on any atom is -0.393 e. The summed E-state index contributed by atoms with van der Waals surface area (Å²) >= 11 is 0. The van der Waals surface area contributed by atoms with Crippen LogP contribution in [0.3, 0.4) is 0 Å². The standard InChI is InChI=1S/C25H30N4O2/c1-17-5-3-8-22(18(17)2)25(23-14-26-16-27-23)19-6-4-7-20(13-19)28-24(31)15-29-11-9-21(30)10-12-29/h3-8,13-14,16,21,25,30H,9-12,15H2,1-2H3,(H,26,27)(H,28,31). The van der Waals surface area contributed by atoms with Gasteiger partial charge in [-0.05, 0) is 61.1 Å². The molecule has 0 saturated carbocycles. The number of anilines is 1. The van der Waals surface area contributed by atoms with Crippen LogP contribution in [0.15, 0.2) is 55.0 Å². The van der Waals surface area contributed by atoms with Gasteiger partial charge in [-0.2, -0.15) is 0 Å². The Balaban J connectivity index is 1.56. The lowest BCUT2D eigenvalue weighted by atomic mass is 9.85. The molecule has 0 radical (unpaired) electrons. The highest BCUT2D eigenvalue weighted by Crippen LogP contribution is 2.34. The van der Waals surface area contributed by atoms with Crippen molar-refractivity contribution in [2.75, 3.05) is 25.0 Å². The molecule has 1 aromatic heterocycles. The molecule has 0 bridgehead atoms. The molecule has 6 heteroatoms. The monoisotopic (exact) mass is 418 g/mol. The minimum atomic E-state index is -0.236. The highest BCUT2D eigenvalue weighted by Gasteiger charge is 2.22. The molecule has 1 atom stereocenters. The Labute approximate surface area is 183 Å². The maximum absolute atomic E-state index is 12.6. The Morgan fingerprint density at radius 3 is 2.74 bits per heavy atom. The number of aliphatic hydroxyl groups excluding tert-OH is 1. The molecule has 31 heavy (non-hydrogen) atoms. The third-order valence-electron chi connectivity index (χ3n) is 6.22. The summed E-state index contributed by atoms with van der Waals surface area (Å²) in [5.41, 5.74) is 6.62. The molecule has 1 amide bonds. The summed E-state index contributed by atoms with van der Waals surface area (Å²) in [6.07, 6.45) is 4.78. The summed E-state index contributed by atoms with van der Waals surface area (Å²) in [4.78, 5) is 22.2. The van der Waals surface area contributed by atoms with Crippen molar-refractivity contribution in [1.82, 2.24) is 14.9 Å². The van der Waals surface area contributed by atoms with Gasteiger partial charge in [0.25, 0.3) is 0 Å². The highest BCUT2D eigenvalue weighted by molar-refractivity contribution is 5.92. The first kappa shape index (κ1) is 21.3. The molecule has 3 aromatic rings. The van der Waals surface area contributed by atoms with Gasteiger partial charge in [0.15, 0.2) is 0 Å². The third-order valence-corrected chi connectivity index (χ3v) is 6.22. The van der Waals surface area contributed by atoms with E-state index in [1.807, 2.05) is 24.4 Å². The number of nitrogens with zero attached hydrogens (tertiary/aromatic N) is 2. The second-order valence-corrected chi connectivity index (χ2v) is 8.41. The Morgan fingerprint density at radius 1 is 1.23 bits per heavy atom. The van der Waals surface area contributed by atoms with E-state index < -0.39 is 0 Å². The highest BCUT2D eigenvalue weighted by atomic mass is 16.3. The molecular formula is C25H30N4O2. The fraction of sp³-hybridized carbons (Fsp3) is 0.360.